The average Bonchev–Trinajstić information content (AvgIpc) is 3.21. The predicted octanol–water partition coefficient (Wildman–Crippen LogP) is 3.25. The van der Waals surface area contributed by atoms with Crippen LogP contribution in [0.15, 0.2) is 70.6 Å². The summed E-state index contributed by atoms with van der Waals surface area (Å²) in [7, 11) is 1.29. The van der Waals surface area contributed by atoms with E-state index in [9.17, 15) is 14.7 Å². The number of allylic oxidation sites excluding steroid dienone is 1. The zero-order valence-corrected chi connectivity index (χ0v) is 21.7. The number of rotatable bonds is 9. The first-order valence-corrected chi connectivity index (χ1v) is 12.6. The number of aromatic hydroxyl groups is 1. The van der Waals surface area contributed by atoms with Crippen LogP contribution in [0.5, 0.6) is 17.2 Å². The molecule has 0 aliphatic carbocycles. The molecule has 1 aliphatic rings. The van der Waals surface area contributed by atoms with Crippen LogP contribution in [0.1, 0.15) is 36.6 Å². The SMILES string of the molecule is C=CCc1cc(/C=c2\sc3n(c2=O)[C@H](c2ccc(OCC)c(OCC)c2)C(C(=O)OC)=CN=3)ccc1O. The maximum Gasteiger partial charge on any atom is 0.337 e. The van der Waals surface area contributed by atoms with Gasteiger partial charge < -0.3 is 19.3 Å². The molecule has 0 amide bonds. The second-order valence-electron chi connectivity index (χ2n) is 8.13. The lowest BCUT2D eigenvalue weighted by Gasteiger charge is -2.23. The normalized spacial score (nSPS) is 14.8. The van der Waals surface area contributed by atoms with Crippen molar-refractivity contribution in [2.75, 3.05) is 20.3 Å². The number of methoxy groups -OCH3 is 1. The largest absolute Gasteiger partial charge is 0.508 e. The molecule has 192 valence electrons. The number of hydrogen-bond donors (Lipinski definition) is 1. The second kappa shape index (κ2) is 11.3. The molecule has 1 N–H and O–H groups in total. The highest BCUT2D eigenvalue weighted by Gasteiger charge is 2.31. The van der Waals surface area contributed by atoms with Crippen molar-refractivity contribution in [2.45, 2.75) is 26.3 Å². The summed E-state index contributed by atoms with van der Waals surface area (Å²) in [4.78, 5) is 31.3. The number of aromatic nitrogens is 1. The van der Waals surface area contributed by atoms with E-state index >= 15 is 0 Å². The fourth-order valence-electron chi connectivity index (χ4n) is 4.15. The number of benzene rings is 2. The van der Waals surface area contributed by atoms with E-state index in [0.717, 1.165) is 5.56 Å². The Morgan fingerprint density at radius 2 is 1.92 bits per heavy atom. The molecule has 1 aliphatic heterocycles. The van der Waals surface area contributed by atoms with Gasteiger partial charge in [0.15, 0.2) is 16.3 Å². The highest BCUT2D eigenvalue weighted by Crippen LogP contribution is 2.35. The molecule has 3 aromatic rings. The van der Waals surface area contributed by atoms with Crippen LogP contribution in [0.25, 0.3) is 6.08 Å². The van der Waals surface area contributed by atoms with E-state index in [-0.39, 0.29) is 16.9 Å². The Kier molecular flexibility index (Phi) is 7.93. The summed E-state index contributed by atoms with van der Waals surface area (Å²) in [6, 6.07) is 9.73. The third kappa shape index (κ3) is 5.22. The maximum absolute atomic E-state index is 13.7. The number of carbonyl (C=O) groups excluding carboxylic acids is 1. The molecule has 9 heteroatoms. The lowest BCUT2D eigenvalue weighted by molar-refractivity contribution is -0.136. The van der Waals surface area contributed by atoms with E-state index in [2.05, 4.69) is 11.6 Å². The molecule has 8 nitrogen and oxygen atoms in total. The van der Waals surface area contributed by atoms with Crippen LogP contribution in [0.3, 0.4) is 0 Å². The summed E-state index contributed by atoms with van der Waals surface area (Å²) in [5.41, 5.74) is 2.05. The summed E-state index contributed by atoms with van der Waals surface area (Å²) >= 11 is 1.22. The van der Waals surface area contributed by atoms with Gasteiger partial charge in [0.25, 0.3) is 5.56 Å². The minimum atomic E-state index is -0.767. The van der Waals surface area contributed by atoms with Gasteiger partial charge in [0, 0.05) is 6.20 Å². The molecule has 0 bridgehead atoms. The first-order valence-electron chi connectivity index (χ1n) is 11.8. The van der Waals surface area contributed by atoms with Crippen molar-refractivity contribution < 1.29 is 24.1 Å². The molecule has 37 heavy (non-hydrogen) atoms. The summed E-state index contributed by atoms with van der Waals surface area (Å²) in [5, 5.41) is 10.1. The Labute approximate surface area is 218 Å². The molecule has 0 radical (unpaired) electrons. The van der Waals surface area contributed by atoms with Gasteiger partial charge in [-0.05, 0) is 67.3 Å². The van der Waals surface area contributed by atoms with Crippen LogP contribution < -0.4 is 24.4 Å². The molecule has 1 aromatic heterocycles. The minimum absolute atomic E-state index is 0.168. The first kappa shape index (κ1) is 26.0. The fourth-order valence-corrected chi connectivity index (χ4v) is 5.12. The molecule has 2 heterocycles. The Hall–Kier alpha value is -4.11. The molecular weight excluding hydrogens is 492 g/mol. The topological polar surface area (TPSA) is 99.4 Å². The van der Waals surface area contributed by atoms with Crippen molar-refractivity contribution in [1.82, 2.24) is 4.57 Å². The number of hydrogen-bond acceptors (Lipinski definition) is 8. The van der Waals surface area contributed by atoms with Crippen LogP contribution in [0, 0.1) is 0 Å². The third-order valence-electron chi connectivity index (χ3n) is 5.77. The number of ether oxygens (including phenoxy) is 3. The van der Waals surface area contributed by atoms with Crippen LogP contribution in [-0.4, -0.2) is 36.0 Å². The van der Waals surface area contributed by atoms with Crippen molar-refractivity contribution in [3.63, 3.8) is 0 Å². The molecular formula is C28H28N2O6S. The predicted molar refractivity (Wildman–Crippen MR) is 142 cm³/mol. The highest BCUT2D eigenvalue weighted by molar-refractivity contribution is 7.07. The van der Waals surface area contributed by atoms with Gasteiger partial charge in [-0.15, -0.1) is 6.58 Å². The maximum atomic E-state index is 13.7. The standard InChI is InChI=1S/C28H28N2O6S/c1-5-8-18-13-17(9-11-21(18)31)14-24-26(32)30-25(20(27(33)34-4)16-29-28(30)37-24)19-10-12-22(35-6-2)23(15-19)36-7-3/h5,9-16,25,31H,1,6-8H2,2-4H3/b24-14-/t25-/m1/s1. The van der Waals surface area contributed by atoms with Gasteiger partial charge in [-0.3, -0.25) is 9.36 Å². The van der Waals surface area contributed by atoms with Crippen molar-refractivity contribution in [3.8, 4) is 17.2 Å². The smallest absolute Gasteiger partial charge is 0.337 e. The Morgan fingerprint density at radius 3 is 2.62 bits per heavy atom. The van der Waals surface area contributed by atoms with Gasteiger partial charge in [-0.1, -0.05) is 29.5 Å². The van der Waals surface area contributed by atoms with Gasteiger partial charge >= 0.3 is 5.97 Å². The average molecular weight is 521 g/mol. The van der Waals surface area contributed by atoms with Crippen molar-refractivity contribution in [1.29, 1.82) is 0 Å². The highest BCUT2D eigenvalue weighted by atomic mass is 32.1. The van der Waals surface area contributed by atoms with Crippen LogP contribution in [0.2, 0.25) is 0 Å². The number of nitrogens with zero attached hydrogens (tertiary/aromatic N) is 2. The number of phenolic OH excluding ortho intramolecular Hbond substituents is 1. The fraction of sp³-hybridized carbons (Fsp3) is 0.250. The summed E-state index contributed by atoms with van der Waals surface area (Å²) in [6.07, 6.45) is 5.40. The second-order valence-corrected chi connectivity index (χ2v) is 9.14. The van der Waals surface area contributed by atoms with Crippen LogP contribution in [0.4, 0.5) is 0 Å². The van der Waals surface area contributed by atoms with Crippen LogP contribution in [-0.2, 0) is 16.0 Å². The zero-order valence-electron chi connectivity index (χ0n) is 20.9. The van der Waals surface area contributed by atoms with Crippen molar-refractivity contribution >= 4 is 23.4 Å². The van der Waals surface area contributed by atoms with Gasteiger partial charge in [0.2, 0.25) is 0 Å². The molecule has 0 fully saturated rings. The molecule has 0 spiro atoms. The monoisotopic (exact) mass is 520 g/mol. The molecule has 4 rings (SSSR count). The number of carbonyl (C=O) groups is 1. The Balaban J connectivity index is 1.89. The lowest BCUT2D eigenvalue weighted by atomic mass is 9.97. The zero-order chi connectivity index (χ0) is 26.5. The molecule has 0 unspecified atom stereocenters. The van der Waals surface area contributed by atoms with E-state index in [0.29, 0.717) is 51.6 Å². The Bertz CT molecular complexity index is 1550. The molecule has 0 saturated carbocycles. The Morgan fingerprint density at radius 1 is 1.16 bits per heavy atom. The summed E-state index contributed by atoms with van der Waals surface area (Å²) in [6.45, 7) is 8.36. The molecule has 1 atom stereocenters. The van der Waals surface area contributed by atoms with E-state index < -0.39 is 12.0 Å². The van der Waals surface area contributed by atoms with E-state index in [1.165, 1.54) is 29.2 Å². The number of fused-ring (bicyclic) bond motifs is 1. The molecule has 2 aromatic carbocycles. The first-order chi connectivity index (χ1) is 17.9. The van der Waals surface area contributed by atoms with E-state index in [1.54, 1.807) is 42.5 Å². The van der Waals surface area contributed by atoms with Gasteiger partial charge in [0.05, 0.1) is 36.5 Å². The van der Waals surface area contributed by atoms with Gasteiger partial charge in [-0.2, -0.15) is 0 Å². The summed E-state index contributed by atoms with van der Waals surface area (Å²) < 4.78 is 18.4. The third-order valence-corrected chi connectivity index (χ3v) is 6.77. The number of thiazole rings is 1. The van der Waals surface area contributed by atoms with Crippen molar-refractivity contribution in [3.05, 3.63) is 97.2 Å². The summed E-state index contributed by atoms with van der Waals surface area (Å²) in [5.74, 6) is 0.681. The van der Waals surface area contributed by atoms with Crippen molar-refractivity contribution in [2.24, 2.45) is 4.99 Å². The minimum Gasteiger partial charge on any atom is -0.508 e. The number of esters is 1. The number of phenols is 1. The van der Waals surface area contributed by atoms with Gasteiger partial charge in [-0.25, -0.2) is 9.79 Å². The lowest BCUT2D eigenvalue weighted by Crippen LogP contribution is -2.39. The van der Waals surface area contributed by atoms with Gasteiger partial charge in [0.1, 0.15) is 5.75 Å². The van der Waals surface area contributed by atoms with E-state index in [1.807, 2.05) is 19.9 Å². The molecule has 0 saturated heterocycles. The quantitative estimate of drug-likeness (QED) is 0.344. The van der Waals surface area contributed by atoms with E-state index in [4.69, 9.17) is 14.2 Å². The van der Waals surface area contributed by atoms with Crippen LogP contribution >= 0.6 is 11.3 Å².